The lowest BCUT2D eigenvalue weighted by molar-refractivity contribution is 0.664. The first-order valence-electron chi connectivity index (χ1n) is 22.0. The molecule has 1 N–H and O–H groups in total. The lowest BCUT2D eigenvalue weighted by atomic mass is 10.0. The van der Waals surface area contributed by atoms with Gasteiger partial charge in [0, 0.05) is 52.8 Å². The fourth-order valence-corrected chi connectivity index (χ4v) is 11.2. The zero-order valence-electron chi connectivity index (χ0n) is 34.9. The second-order valence-corrected chi connectivity index (χ2v) is 18.0. The van der Waals surface area contributed by atoms with Gasteiger partial charge in [0.15, 0.2) is 11.4 Å². The number of benzene rings is 10. The summed E-state index contributed by atoms with van der Waals surface area (Å²) < 4.78 is 11.9. The molecule has 10 aromatic carbocycles. The van der Waals surface area contributed by atoms with Gasteiger partial charge in [0.2, 0.25) is 0 Å². The summed E-state index contributed by atoms with van der Waals surface area (Å²) in [4.78, 5) is 10.9. The largest absolute Gasteiger partial charge is 0.454 e. The smallest absolute Gasteiger partial charge is 0.160 e. The Bertz CT molecular complexity index is 4060. The van der Waals surface area contributed by atoms with E-state index < -0.39 is 6.17 Å². The molecule has 4 heterocycles. The fourth-order valence-electron chi connectivity index (χ4n) is 10.1. The molecule has 0 bridgehead atoms. The maximum absolute atomic E-state index is 7.03. The van der Waals surface area contributed by atoms with E-state index in [1.54, 1.807) is 11.3 Å². The summed E-state index contributed by atoms with van der Waals surface area (Å²) in [6, 6.07) is 73.9. The summed E-state index contributed by atoms with van der Waals surface area (Å²) in [7, 11) is 0. The Hall–Kier alpha value is -8.32. The van der Waals surface area contributed by atoms with Crippen LogP contribution in [0.1, 0.15) is 22.9 Å². The third kappa shape index (κ3) is 5.71. The van der Waals surface area contributed by atoms with Crippen LogP contribution in [0.15, 0.2) is 221 Å². The summed E-state index contributed by atoms with van der Waals surface area (Å²) in [5.41, 5.74) is 10.0. The number of para-hydroxylation sites is 1. The highest BCUT2D eigenvalue weighted by molar-refractivity contribution is 7.25. The number of hydrogen-bond donors (Lipinski definition) is 1. The molecule has 0 aliphatic carbocycles. The number of hydrogen-bond acceptors (Lipinski definition) is 5. The molecule has 1 unspecified atom stereocenters. The number of aliphatic imine (C=N–C) groups is 2. The number of rotatable bonds is 5. The maximum Gasteiger partial charge on any atom is 0.160 e. The fraction of sp³-hybridized carbons (Fsp3) is 0.0169. The molecule has 14 rings (SSSR count). The number of fused-ring (bicyclic) bond motifs is 11. The third-order valence-electron chi connectivity index (χ3n) is 13.2. The molecule has 0 saturated heterocycles. The summed E-state index contributed by atoms with van der Waals surface area (Å²) in [5, 5.41) is 15.6. The topological polar surface area (TPSA) is 54.8 Å². The van der Waals surface area contributed by atoms with Gasteiger partial charge < -0.3 is 14.3 Å². The van der Waals surface area contributed by atoms with E-state index in [0.29, 0.717) is 5.84 Å². The highest BCUT2D eigenvalue weighted by Crippen LogP contribution is 2.43. The van der Waals surface area contributed by atoms with Crippen molar-refractivity contribution < 1.29 is 4.42 Å². The average Bonchev–Trinajstić information content (AvgIpc) is 4.03. The molecule has 0 fully saturated rings. The second kappa shape index (κ2) is 14.1. The van der Waals surface area contributed by atoms with Crippen LogP contribution in [-0.2, 0) is 0 Å². The van der Waals surface area contributed by atoms with Gasteiger partial charge in [-0.3, -0.25) is 0 Å². The highest BCUT2D eigenvalue weighted by Gasteiger charge is 2.28. The van der Waals surface area contributed by atoms with Gasteiger partial charge >= 0.3 is 0 Å². The van der Waals surface area contributed by atoms with Gasteiger partial charge in [0.25, 0.3) is 0 Å². The van der Waals surface area contributed by atoms with E-state index in [9.17, 15) is 0 Å². The monoisotopic (exact) mass is 848 g/mol. The van der Waals surface area contributed by atoms with Gasteiger partial charge in [-0.25, -0.2) is 9.98 Å². The van der Waals surface area contributed by atoms with E-state index in [1.807, 2.05) is 6.07 Å². The van der Waals surface area contributed by atoms with Crippen LogP contribution >= 0.6 is 11.3 Å². The van der Waals surface area contributed by atoms with Crippen molar-refractivity contribution in [2.24, 2.45) is 9.98 Å². The molecule has 1 atom stereocenters. The quantitative estimate of drug-likeness (QED) is 0.188. The Labute approximate surface area is 376 Å². The van der Waals surface area contributed by atoms with Crippen molar-refractivity contribution in [2.45, 2.75) is 6.17 Å². The van der Waals surface area contributed by atoms with Crippen molar-refractivity contribution in [3.8, 4) is 16.8 Å². The Morgan fingerprint density at radius 2 is 1.05 bits per heavy atom. The minimum absolute atomic E-state index is 0.425. The maximum atomic E-state index is 7.03. The third-order valence-corrected chi connectivity index (χ3v) is 14.3. The molecule has 0 amide bonds. The van der Waals surface area contributed by atoms with Crippen molar-refractivity contribution in [2.75, 3.05) is 0 Å². The molecule has 1 aliphatic rings. The average molecular weight is 849 g/mol. The first kappa shape index (κ1) is 36.2. The van der Waals surface area contributed by atoms with E-state index in [0.717, 1.165) is 66.7 Å². The zero-order valence-corrected chi connectivity index (χ0v) is 35.7. The lowest BCUT2D eigenvalue weighted by Gasteiger charge is -2.25. The van der Waals surface area contributed by atoms with Gasteiger partial charge in [0.05, 0.1) is 11.0 Å². The Kier molecular flexibility index (Phi) is 7.85. The number of aromatic nitrogens is 1. The predicted octanol–water partition coefficient (Wildman–Crippen LogP) is 15.5. The van der Waals surface area contributed by atoms with Crippen molar-refractivity contribution in [3.05, 3.63) is 223 Å². The SMILES string of the molecule is c1ccc(-c2ccc(C3N=C(c4ccc5c(c4)sc4ccccc45)N=C(c4ccc5c(oc6ccccc65)c4-n4c5cc6ccccc6cc5c5cc6ccccc6cc54)N3)cc2)cc1. The number of amidine groups is 2. The van der Waals surface area contributed by atoms with Crippen LogP contribution in [0.2, 0.25) is 0 Å². The molecule has 304 valence electrons. The van der Waals surface area contributed by atoms with Crippen LogP contribution in [0.4, 0.5) is 0 Å². The molecular weight excluding hydrogens is 813 g/mol. The number of furan rings is 1. The molecule has 1 aliphatic heterocycles. The normalized spacial score (nSPS) is 14.3. The Morgan fingerprint density at radius 3 is 1.78 bits per heavy atom. The minimum Gasteiger partial charge on any atom is -0.454 e. The van der Waals surface area contributed by atoms with Crippen LogP contribution in [0.25, 0.3) is 102 Å². The van der Waals surface area contributed by atoms with Gasteiger partial charge in [-0.05, 0) is 92.8 Å². The van der Waals surface area contributed by atoms with Crippen molar-refractivity contribution in [1.29, 1.82) is 0 Å². The van der Waals surface area contributed by atoms with E-state index >= 15 is 0 Å². The Balaban J connectivity index is 1.05. The van der Waals surface area contributed by atoms with Crippen LogP contribution in [0, 0.1) is 0 Å². The van der Waals surface area contributed by atoms with E-state index in [4.69, 9.17) is 14.4 Å². The first-order chi connectivity index (χ1) is 32.2. The van der Waals surface area contributed by atoms with E-state index in [-0.39, 0.29) is 0 Å². The first-order valence-corrected chi connectivity index (χ1v) is 22.8. The van der Waals surface area contributed by atoms with Crippen LogP contribution in [0.5, 0.6) is 0 Å². The van der Waals surface area contributed by atoms with Gasteiger partial charge in [-0.15, -0.1) is 11.3 Å². The van der Waals surface area contributed by atoms with Crippen LogP contribution < -0.4 is 5.32 Å². The van der Waals surface area contributed by atoms with Crippen molar-refractivity contribution >= 4 is 108 Å². The second-order valence-electron chi connectivity index (χ2n) is 17.0. The number of nitrogens with zero attached hydrogens (tertiary/aromatic N) is 3. The molecule has 0 radical (unpaired) electrons. The summed E-state index contributed by atoms with van der Waals surface area (Å²) >= 11 is 1.81. The standard InChI is InChI=1S/C59H36N4OS/c1-2-12-35(13-3-1)36-22-24-37(25-23-36)57-60-58(42-26-27-45-44-19-9-11-21-53(44)65-54(45)34-42)62-59(61-57)47-29-28-46-43-18-8-10-20-52(43)64-56(46)55(47)63-50-32-40-16-6-4-14-38(40)30-48(50)49-31-39-15-5-7-17-41(39)33-51(49)63/h1-34,57H,(H,60,61,62). The molecule has 5 nitrogen and oxygen atoms in total. The highest BCUT2D eigenvalue weighted by atomic mass is 32.1. The Morgan fingerprint density at radius 1 is 0.462 bits per heavy atom. The van der Waals surface area contributed by atoms with E-state index in [1.165, 1.54) is 58.1 Å². The summed E-state index contributed by atoms with van der Waals surface area (Å²) in [5.74, 6) is 1.39. The van der Waals surface area contributed by atoms with Crippen molar-refractivity contribution in [3.63, 3.8) is 0 Å². The van der Waals surface area contributed by atoms with Crippen LogP contribution in [-0.4, -0.2) is 16.2 Å². The van der Waals surface area contributed by atoms with Crippen molar-refractivity contribution in [1.82, 2.24) is 9.88 Å². The minimum atomic E-state index is -0.425. The lowest BCUT2D eigenvalue weighted by Crippen LogP contribution is -2.34. The molecule has 0 saturated carbocycles. The number of thiophene rings is 1. The van der Waals surface area contributed by atoms with Gasteiger partial charge in [-0.2, -0.15) is 0 Å². The molecule has 13 aromatic rings. The molecule has 3 aromatic heterocycles. The molecule has 0 spiro atoms. The molecular formula is C59H36N4OS. The zero-order chi connectivity index (χ0) is 42.6. The van der Waals surface area contributed by atoms with E-state index in [2.05, 4.69) is 210 Å². The summed E-state index contributed by atoms with van der Waals surface area (Å²) in [6.07, 6.45) is -0.425. The number of nitrogens with one attached hydrogen (secondary N) is 1. The van der Waals surface area contributed by atoms with Gasteiger partial charge in [-0.1, -0.05) is 152 Å². The summed E-state index contributed by atoms with van der Waals surface area (Å²) in [6.45, 7) is 0. The van der Waals surface area contributed by atoms with Gasteiger partial charge in [0.1, 0.15) is 23.3 Å². The molecule has 65 heavy (non-hydrogen) atoms. The predicted molar refractivity (Wildman–Crippen MR) is 273 cm³/mol. The van der Waals surface area contributed by atoms with Crippen LogP contribution in [0.3, 0.4) is 0 Å². The molecule has 6 heteroatoms.